The standard InChI is InChI=1S/C13H17N3O2/c1-17-10-3-4-11(12(7-10)18-2)13-15-8-9(16-13)5-6-14/h3-4,7-8H,5-6,14H2,1-2H3,(H,15,16). The van der Waals surface area contributed by atoms with E-state index in [0.29, 0.717) is 6.54 Å². The summed E-state index contributed by atoms with van der Waals surface area (Å²) >= 11 is 0. The van der Waals surface area contributed by atoms with Gasteiger partial charge in [0.15, 0.2) is 0 Å². The predicted octanol–water partition coefficient (Wildman–Crippen LogP) is 1.60. The average molecular weight is 247 g/mol. The largest absolute Gasteiger partial charge is 0.497 e. The van der Waals surface area contributed by atoms with E-state index >= 15 is 0 Å². The summed E-state index contributed by atoms with van der Waals surface area (Å²) in [5.74, 6) is 2.25. The Hall–Kier alpha value is -2.01. The lowest BCUT2D eigenvalue weighted by Crippen LogP contribution is -2.02. The smallest absolute Gasteiger partial charge is 0.141 e. The zero-order valence-corrected chi connectivity index (χ0v) is 10.6. The van der Waals surface area contributed by atoms with Crippen LogP contribution in [-0.2, 0) is 6.42 Å². The minimum Gasteiger partial charge on any atom is -0.497 e. The van der Waals surface area contributed by atoms with Gasteiger partial charge < -0.3 is 20.2 Å². The Balaban J connectivity index is 2.36. The number of nitrogens with two attached hydrogens (primary N) is 1. The lowest BCUT2D eigenvalue weighted by atomic mass is 10.2. The first-order valence-corrected chi connectivity index (χ1v) is 5.75. The van der Waals surface area contributed by atoms with Crippen LogP contribution in [0, 0.1) is 0 Å². The van der Waals surface area contributed by atoms with E-state index in [4.69, 9.17) is 15.2 Å². The Morgan fingerprint density at radius 3 is 2.78 bits per heavy atom. The highest BCUT2D eigenvalue weighted by molar-refractivity contribution is 5.66. The molecule has 18 heavy (non-hydrogen) atoms. The van der Waals surface area contributed by atoms with Gasteiger partial charge in [-0.15, -0.1) is 0 Å². The highest BCUT2D eigenvalue weighted by Crippen LogP contribution is 2.31. The summed E-state index contributed by atoms with van der Waals surface area (Å²) in [6.45, 7) is 0.599. The lowest BCUT2D eigenvalue weighted by Gasteiger charge is -2.08. The number of benzene rings is 1. The Morgan fingerprint density at radius 2 is 2.11 bits per heavy atom. The third-order valence-corrected chi connectivity index (χ3v) is 2.71. The summed E-state index contributed by atoms with van der Waals surface area (Å²) in [5, 5.41) is 0. The first kappa shape index (κ1) is 12.4. The van der Waals surface area contributed by atoms with Crippen LogP contribution in [0.2, 0.25) is 0 Å². The molecule has 5 nitrogen and oxygen atoms in total. The molecule has 0 fully saturated rings. The highest BCUT2D eigenvalue weighted by Gasteiger charge is 2.10. The predicted molar refractivity (Wildman–Crippen MR) is 69.9 cm³/mol. The number of methoxy groups -OCH3 is 2. The molecule has 1 aromatic heterocycles. The number of hydrogen-bond donors (Lipinski definition) is 2. The van der Waals surface area contributed by atoms with Crippen LogP contribution in [0.4, 0.5) is 0 Å². The normalized spacial score (nSPS) is 10.4. The fraction of sp³-hybridized carbons (Fsp3) is 0.308. The third-order valence-electron chi connectivity index (χ3n) is 2.71. The molecular formula is C13H17N3O2. The van der Waals surface area contributed by atoms with Gasteiger partial charge in [0, 0.05) is 24.4 Å². The number of ether oxygens (including phenoxy) is 2. The molecule has 2 rings (SSSR count). The van der Waals surface area contributed by atoms with Gasteiger partial charge in [0.1, 0.15) is 17.3 Å². The minimum absolute atomic E-state index is 0.599. The molecule has 0 amide bonds. The van der Waals surface area contributed by atoms with Gasteiger partial charge in [-0.1, -0.05) is 0 Å². The first-order valence-electron chi connectivity index (χ1n) is 5.75. The van der Waals surface area contributed by atoms with Gasteiger partial charge >= 0.3 is 0 Å². The maximum Gasteiger partial charge on any atom is 0.141 e. The molecule has 0 radical (unpaired) electrons. The van der Waals surface area contributed by atoms with Gasteiger partial charge in [-0.05, 0) is 18.7 Å². The minimum atomic E-state index is 0.599. The van der Waals surface area contributed by atoms with E-state index in [9.17, 15) is 0 Å². The molecule has 96 valence electrons. The molecule has 5 heteroatoms. The summed E-state index contributed by atoms with van der Waals surface area (Å²) in [6.07, 6.45) is 2.58. The molecule has 0 aliphatic heterocycles. The summed E-state index contributed by atoms with van der Waals surface area (Å²) < 4.78 is 10.5. The number of rotatable bonds is 5. The van der Waals surface area contributed by atoms with E-state index in [2.05, 4.69) is 9.97 Å². The number of nitrogens with zero attached hydrogens (tertiary/aromatic N) is 1. The van der Waals surface area contributed by atoms with E-state index < -0.39 is 0 Å². The molecule has 1 heterocycles. The second kappa shape index (κ2) is 5.55. The summed E-state index contributed by atoms with van der Waals surface area (Å²) in [7, 11) is 3.25. The van der Waals surface area contributed by atoms with Crippen molar-refractivity contribution in [2.45, 2.75) is 6.42 Å². The van der Waals surface area contributed by atoms with Crippen LogP contribution in [0.1, 0.15) is 5.69 Å². The first-order chi connectivity index (χ1) is 8.78. The van der Waals surface area contributed by atoms with Crippen LogP contribution < -0.4 is 15.2 Å². The molecule has 3 N–H and O–H groups in total. The van der Waals surface area contributed by atoms with Crippen LogP contribution >= 0.6 is 0 Å². The quantitative estimate of drug-likeness (QED) is 0.841. The van der Waals surface area contributed by atoms with Gasteiger partial charge in [0.2, 0.25) is 0 Å². The van der Waals surface area contributed by atoms with Gasteiger partial charge in [0.25, 0.3) is 0 Å². The number of aromatic nitrogens is 2. The number of hydrogen-bond acceptors (Lipinski definition) is 4. The maximum absolute atomic E-state index is 5.51. The third kappa shape index (κ3) is 2.46. The topological polar surface area (TPSA) is 73.2 Å². The molecule has 0 unspecified atom stereocenters. The Bertz CT molecular complexity index is 523. The van der Waals surface area contributed by atoms with Crippen molar-refractivity contribution in [1.82, 2.24) is 9.97 Å². The van der Waals surface area contributed by atoms with Crippen molar-refractivity contribution in [3.05, 3.63) is 30.1 Å². The molecule has 0 saturated heterocycles. The van der Waals surface area contributed by atoms with Crippen molar-refractivity contribution in [3.63, 3.8) is 0 Å². The van der Waals surface area contributed by atoms with Gasteiger partial charge in [-0.25, -0.2) is 4.98 Å². The van der Waals surface area contributed by atoms with Crippen molar-refractivity contribution in [1.29, 1.82) is 0 Å². The van der Waals surface area contributed by atoms with Crippen molar-refractivity contribution < 1.29 is 9.47 Å². The Morgan fingerprint density at radius 1 is 1.28 bits per heavy atom. The van der Waals surface area contributed by atoms with E-state index in [1.807, 2.05) is 18.2 Å². The fourth-order valence-electron chi connectivity index (χ4n) is 1.77. The van der Waals surface area contributed by atoms with Crippen LogP contribution in [0.5, 0.6) is 11.5 Å². The fourth-order valence-corrected chi connectivity index (χ4v) is 1.77. The number of H-pyrrole nitrogens is 1. The van der Waals surface area contributed by atoms with Gasteiger partial charge in [-0.2, -0.15) is 0 Å². The molecular weight excluding hydrogens is 230 g/mol. The monoisotopic (exact) mass is 247 g/mol. The summed E-state index contributed by atoms with van der Waals surface area (Å²) in [4.78, 5) is 7.57. The van der Waals surface area contributed by atoms with Crippen LogP contribution in [0.3, 0.4) is 0 Å². The lowest BCUT2D eigenvalue weighted by molar-refractivity contribution is 0.395. The molecule has 0 bridgehead atoms. The molecule has 0 spiro atoms. The number of imidazole rings is 1. The van der Waals surface area contributed by atoms with E-state index in [1.54, 1.807) is 20.4 Å². The zero-order valence-electron chi connectivity index (χ0n) is 10.6. The Labute approximate surface area is 106 Å². The summed E-state index contributed by atoms with van der Waals surface area (Å²) in [5.41, 5.74) is 7.44. The van der Waals surface area contributed by atoms with Gasteiger partial charge in [-0.3, -0.25) is 0 Å². The highest BCUT2D eigenvalue weighted by atomic mass is 16.5. The average Bonchev–Trinajstić information content (AvgIpc) is 2.87. The van der Waals surface area contributed by atoms with Gasteiger partial charge in [0.05, 0.1) is 19.8 Å². The number of aromatic amines is 1. The Kier molecular flexibility index (Phi) is 3.84. The van der Waals surface area contributed by atoms with Crippen molar-refractivity contribution in [2.75, 3.05) is 20.8 Å². The second-order valence-electron chi connectivity index (χ2n) is 3.86. The molecule has 0 aliphatic rings. The van der Waals surface area contributed by atoms with Crippen molar-refractivity contribution in [3.8, 4) is 22.9 Å². The zero-order chi connectivity index (χ0) is 13.0. The molecule has 1 aromatic carbocycles. The van der Waals surface area contributed by atoms with Crippen molar-refractivity contribution >= 4 is 0 Å². The van der Waals surface area contributed by atoms with E-state index in [1.165, 1.54) is 0 Å². The number of nitrogens with one attached hydrogen (secondary N) is 1. The van der Waals surface area contributed by atoms with Crippen molar-refractivity contribution in [2.24, 2.45) is 5.73 Å². The molecule has 0 atom stereocenters. The second-order valence-corrected chi connectivity index (χ2v) is 3.86. The molecule has 2 aromatic rings. The van der Waals surface area contributed by atoms with E-state index in [-0.39, 0.29) is 0 Å². The SMILES string of the molecule is COc1ccc(-c2ncc(CCN)[nH]2)c(OC)c1. The summed E-state index contributed by atoms with van der Waals surface area (Å²) in [6, 6.07) is 5.63. The molecule has 0 aliphatic carbocycles. The van der Waals surface area contributed by atoms with Crippen LogP contribution in [-0.4, -0.2) is 30.7 Å². The molecule has 0 saturated carbocycles. The van der Waals surface area contributed by atoms with Crippen LogP contribution in [0.15, 0.2) is 24.4 Å². The maximum atomic E-state index is 5.51. The van der Waals surface area contributed by atoms with Crippen LogP contribution in [0.25, 0.3) is 11.4 Å². The van der Waals surface area contributed by atoms with E-state index in [0.717, 1.165) is 35.0 Å².